The molecular weight excluding hydrogens is 258 g/mol. The molecule has 0 aromatic heterocycles. The Morgan fingerprint density at radius 2 is 2.35 bits per heavy atom. The second kappa shape index (κ2) is 7.53. The number of nitro groups is 1. The van der Waals surface area contributed by atoms with Crippen LogP contribution in [0.3, 0.4) is 0 Å². The van der Waals surface area contributed by atoms with Gasteiger partial charge in [-0.25, -0.2) is 0 Å². The molecule has 1 aromatic carbocycles. The number of hydrogen-bond donors (Lipinski definition) is 3. The van der Waals surface area contributed by atoms with Gasteiger partial charge in [0.15, 0.2) is 0 Å². The minimum absolute atomic E-state index is 0.00489. The standard InChI is InChI=1S/C13H15N5O2/c1-2-16-7-6-11(15)9-17-12-5-3-4-10(8-14)13(12)18(19)20/h3-7,15-17H,2,9H2,1H3/b7-6-,15-11?. The minimum Gasteiger partial charge on any atom is -0.391 e. The summed E-state index contributed by atoms with van der Waals surface area (Å²) in [5.74, 6) is 0. The second-order valence-electron chi connectivity index (χ2n) is 3.84. The molecule has 20 heavy (non-hydrogen) atoms. The topological polar surface area (TPSA) is 115 Å². The Morgan fingerprint density at radius 3 is 2.95 bits per heavy atom. The van der Waals surface area contributed by atoms with E-state index in [4.69, 9.17) is 10.7 Å². The van der Waals surface area contributed by atoms with Crippen molar-refractivity contribution in [3.8, 4) is 6.07 Å². The molecule has 104 valence electrons. The summed E-state index contributed by atoms with van der Waals surface area (Å²) in [5, 5.41) is 33.3. The summed E-state index contributed by atoms with van der Waals surface area (Å²) < 4.78 is 0. The molecule has 0 aliphatic heterocycles. The van der Waals surface area contributed by atoms with Crippen LogP contribution in [0.5, 0.6) is 0 Å². The Hall–Kier alpha value is -2.88. The summed E-state index contributed by atoms with van der Waals surface area (Å²) in [6.45, 7) is 2.83. The molecule has 0 amide bonds. The van der Waals surface area contributed by atoms with Crippen molar-refractivity contribution >= 4 is 17.1 Å². The van der Waals surface area contributed by atoms with Gasteiger partial charge in [-0.2, -0.15) is 5.26 Å². The van der Waals surface area contributed by atoms with Crippen LogP contribution in [0.2, 0.25) is 0 Å². The molecule has 1 rings (SSSR count). The fourth-order valence-electron chi connectivity index (χ4n) is 1.50. The summed E-state index contributed by atoms with van der Waals surface area (Å²) in [6, 6.07) is 6.25. The maximum Gasteiger partial charge on any atom is 0.309 e. The van der Waals surface area contributed by atoms with Crippen LogP contribution in [0, 0.1) is 26.9 Å². The first-order chi connectivity index (χ1) is 9.60. The highest BCUT2D eigenvalue weighted by Crippen LogP contribution is 2.27. The van der Waals surface area contributed by atoms with Crippen molar-refractivity contribution in [2.75, 3.05) is 18.4 Å². The van der Waals surface area contributed by atoms with Gasteiger partial charge in [0.1, 0.15) is 17.3 Å². The van der Waals surface area contributed by atoms with Crippen LogP contribution in [-0.4, -0.2) is 23.7 Å². The maximum absolute atomic E-state index is 11.0. The van der Waals surface area contributed by atoms with Crippen LogP contribution in [0.1, 0.15) is 12.5 Å². The number of hydrogen-bond acceptors (Lipinski definition) is 6. The lowest BCUT2D eigenvalue weighted by Crippen LogP contribution is -2.13. The van der Waals surface area contributed by atoms with Gasteiger partial charge in [-0.3, -0.25) is 10.1 Å². The third-order valence-corrected chi connectivity index (χ3v) is 2.41. The zero-order valence-electron chi connectivity index (χ0n) is 11.0. The van der Waals surface area contributed by atoms with Crippen LogP contribution < -0.4 is 10.6 Å². The van der Waals surface area contributed by atoms with Crippen LogP contribution in [-0.2, 0) is 0 Å². The van der Waals surface area contributed by atoms with Gasteiger partial charge < -0.3 is 16.0 Å². The molecule has 1 aromatic rings. The van der Waals surface area contributed by atoms with E-state index < -0.39 is 4.92 Å². The van der Waals surface area contributed by atoms with Crippen molar-refractivity contribution in [3.05, 3.63) is 46.2 Å². The number of nitrogens with one attached hydrogen (secondary N) is 3. The van der Waals surface area contributed by atoms with Gasteiger partial charge in [0.25, 0.3) is 0 Å². The number of nitrogens with zero attached hydrogens (tertiary/aromatic N) is 2. The molecule has 0 bridgehead atoms. The van der Waals surface area contributed by atoms with Gasteiger partial charge in [-0.1, -0.05) is 6.07 Å². The smallest absolute Gasteiger partial charge is 0.309 e. The highest BCUT2D eigenvalue weighted by atomic mass is 16.6. The van der Waals surface area contributed by atoms with Gasteiger partial charge >= 0.3 is 5.69 Å². The number of rotatable bonds is 7. The summed E-state index contributed by atoms with van der Waals surface area (Å²) in [6.07, 6.45) is 3.21. The minimum atomic E-state index is -0.598. The molecule has 0 saturated carbocycles. The van der Waals surface area contributed by atoms with E-state index in [0.29, 0.717) is 0 Å². The van der Waals surface area contributed by atoms with E-state index in [2.05, 4.69) is 10.6 Å². The zero-order chi connectivity index (χ0) is 15.0. The number of nitro benzene ring substituents is 1. The first-order valence-electron chi connectivity index (χ1n) is 5.98. The van der Waals surface area contributed by atoms with Gasteiger partial charge in [0.2, 0.25) is 0 Å². The molecule has 0 fully saturated rings. The van der Waals surface area contributed by atoms with Crippen LogP contribution in [0.4, 0.5) is 11.4 Å². The molecule has 0 aliphatic carbocycles. The van der Waals surface area contributed by atoms with E-state index in [1.165, 1.54) is 12.1 Å². The highest BCUT2D eigenvalue weighted by Gasteiger charge is 2.19. The van der Waals surface area contributed by atoms with Gasteiger partial charge in [-0.05, 0) is 31.3 Å². The van der Waals surface area contributed by atoms with Crippen molar-refractivity contribution in [1.82, 2.24) is 5.32 Å². The lowest BCUT2D eigenvalue weighted by Gasteiger charge is -2.07. The lowest BCUT2D eigenvalue weighted by molar-refractivity contribution is -0.384. The van der Waals surface area contributed by atoms with Gasteiger partial charge in [0.05, 0.1) is 17.2 Å². The highest BCUT2D eigenvalue weighted by molar-refractivity contribution is 5.95. The number of anilines is 1. The summed E-state index contributed by atoms with van der Waals surface area (Å²) in [4.78, 5) is 10.4. The third-order valence-electron chi connectivity index (χ3n) is 2.41. The van der Waals surface area contributed by atoms with E-state index >= 15 is 0 Å². The predicted octanol–water partition coefficient (Wildman–Crippen LogP) is 2.02. The molecule has 0 radical (unpaired) electrons. The second-order valence-corrected chi connectivity index (χ2v) is 3.84. The molecule has 0 heterocycles. The van der Waals surface area contributed by atoms with Crippen LogP contribution >= 0.6 is 0 Å². The molecule has 0 spiro atoms. The predicted molar refractivity (Wildman–Crippen MR) is 76.8 cm³/mol. The maximum atomic E-state index is 11.0. The van der Waals surface area contributed by atoms with Crippen molar-refractivity contribution in [2.24, 2.45) is 0 Å². The molecular formula is C13H15N5O2. The average molecular weight is 273 g/mol. The Balaban J connectivity index is 2.81. The molecule has 3 N–H and O–H groups in total. The van der Waals surface area contributed by atoms with Crippen LogP contribution in [0.25, 0.3) is 0 Å². The molecule has 7 heteroatoms. The van der Waals surface area contributed by atoms with Gasteiger partial charge in [0, 0.05) is 6.54 Å². The largest absolute Gasteiger partial charge is 0.391 e. The first-order valence-corrected chi connectivity index (χ1v) is 5.98. The van der Waals surface area contributed by atoms with E-state index in [0.717, 1.165) is 6.54 Å². The zero-order valence-corrected chi connectivity index (χ0v) is 11.0. The monoisotopic (exact) mass is 273 g/mol. The van der Waals surface area contributed by atoms with Gasteiger partial charge in [-0.15, -0.1) is 0 Å². The van der Waals surface area contributed by atoms with Crippen molar-refractivity contribution in [1.29, 1.82) is 10.7 Å². The molecule has 7 nitrogen and oxygen atoms in total. The van der Waals surface area contributed by atoms with Crippen LogP contribution in [0.15, 0.2) is 30.5 Å². The molecule has 0 aliphatic rings. The quantitative estimate of drug-likeness (QED) is 0.399. The third kappa shape index (κ3) is 4.10. The van der Waals surface area contributed by atoms with E-state index in [-0.39, 0.29) is 29.2 Å². The Labute approximate surface area is 116 Å². The number of para-hydroxylation sites is 1. The van der Waals surface area contributed by atoms with E-state index in [9.17, 15) is 10.1 Å². The van der Waals surface area contributed by atoms with Crippen molar-refractivity contribution in [2.45, 2.75) is 6.92 Å². The summed E-state index contributed by atoms with van der Waals surface area (Å²) in [5.41, 5.74) is 0.228. The summed E-state index contributed by atoms with van der Waals surface area (Å²) in [7, 11) is 0. The molecule has 0 unspecified atom stereocenters. The SMILES string of the molecule is CCN/C=C\C(=N)CNc1cccc(C#N)c1[N+](=O)[O-]. The average Bonchev–Trinajstić information content (AvgIpc) is 2.44. The summed E-state index contributed by atoms with van der Waals surface area (Å²) >= 11 is 0. The first kappa shape index (κ1) is 15.2. The number of benzene rings is 1. The fourth-order valence-corrected chi connectivity index (χ4v) is 1.50. The normalized spacial score (nSPS) is 10.0. The molecule has 0 saturated heterocycles. The Bertz CT molecular complexity index is 575. The van der Waals surface area contributed by atoms with Crippen molar-refractivity contribution in [3.63, 3.8) is 0 Å². The van der Waals surface area contributed by atoms with E-state index in [1.807, 2.05) is 6.92 Å². The van der Waals surface area contributed by atoms with E-state index in [1.54, 1.807) is 24.4 Å². The molecule has 0 atom stereocenters. The Morgan fingerprint density at radius 1 is 1.60 bits per heavy atom. The Kier molecular flexibility index (Phi) is 5.72. The lowest BCUT2D eigenvalue weighted by atomic mass is 10.1. The fraction of sp³-hybridized carbons (Fsp3) is 0.231. The number of nitriles is 1. The van der Waals surface area contributed by atoms with Crippen molar-refractivity contribution < 1.29 is 4.92 Å².